The SMILES string of the molecule is CCNC(=NCCNC(=O)c1ccccc1Cl)NC(C)(C)C. The molecule has 3 N–H and O–H groups in total. The second-order valence-electron chi connectivity index (χ2n) is 5.87. The summed E-state index contributed by atoms with van der Waals surface area (Å²) in [7, 11) is 0. The van der Waals surface area contributed by atoms with Gasteiger partial charge in [0.1, 0.15) is 0 Å². The van der Waals surface area contributed by atoms with E-state index < -0.39 is 0 Å². The van der Waals surface area contributed by atoms with Crippen LogP contribution >= 0.6 is 11.6 Å². The first-order valence-corrected chi connectivity index (χ1v) is 7.80. The van der Waals surface area contributed by atoms with Crippen LogP contribution in [0.2, 0.25) is 5.02 Å². The van der Waals surface area contributed by atoms with Crippen molar-refractivity contribution in [1.29, 1.82) is 0 Å². The quantitative estimate of drug-likeness (QED) is 0.443. The Labute approximate surface area is 137 Å². The third kappa shape index (κ3) is 6.80. The van der Waals surface area contributed by atoms with Crippen molar-refractivity contribution in [1.82, 2.24) is 16.0 Å². The molecule has 0 atom stereocenters. The Balaban J connectivity index is 2.49. The van der Waals surface area contributed by atoms with Crippen LogP contribution in [0.5, 0.6) is 0 Å². The first-order chi connectivity index (χ1) is 10.3. The minimum atomic E-state index is -0.186. The van der Waals surface area contributed by atoms with E-state index in [2.05, 4.69) is 41.7 Å². The second-order valence-corrected chi connectivity index (χ2v) is 6.28. The summed E-state index contributed by atoms with van der Waals surface area (Å²) >= 11 is 5.99. The van der Waals surface area contributed by atoms with Crippen LogP contribution < -0.4 is 16.0 Å². The van der Waals surface area contributed by atoms with E-state index in [1.54, 1.807) is 24.3 Å². The van der Waals surface area contributed by atoms with Gasteiger partial charge in [0.2, 0.25) is 0 Å². The molecule has 0 bridgehead atoms. The lowest BCUT2D eigenvalue weighted by molar-refractivity contribution is 0.0955. The Bertz CT molecular complexity index is 523. The van der Waals surface area contributed by atoms with Gasteiger partial charge in [-0.25, -0.2) is 0 Å². The fourth-order valence-electron chi connectivity index (χ4n) is 1.74. The number of guanidine groups is 1. The second kappa shape index (κ2) is 8.63. The monoisotopic (exact) mass is 324 g/mol. The summed E-state index contributed by atoms with van der Waals surface area (Å²) in [5.74, 6) is 0.552. The number of nitrogens with zero attached hydrogens (tertiary/aromatic N) is 1. The largest absolute Gasteiger partial charge is 0.357 e. The van der Waals surface area contributed by atoms with Crippen LogP contribution in [0.4, 0.5) is 0 Å². The van der Waals surface area contributed by atoms with Crippen molar-refractivity contribution in [3.05, 3.63) is 34.9 Å². The zero-order valence-electron chi connectivity index (χ0n) is 13.7. The van der Waals surface area contributed by atoms with Crippen LogP contribution in [0.15, 0.2) is 29.3 Å². The molecule has 5 nitrogen and oxygen atoms in total. The molecular weight excluding hydrogens is 300 g/mol. The summed E-state index contributed by atoms with van der Waals surface area (Å²) in [6.45, 7) is 9.94. The van der Waals surface area contributed by atoms with Crippen molar-refractivity contribution in [3.8, 4) is 0 Å². The molecule has 0 unspecified atom stereocenters. The van der Waals surface area contributed by atoms with Gasteiger partial charge in [0.05, 0.1) is 17.1 Å². The minimum Gasteiger partial charge on any atom is -0.357 e. The Morgan fingerprint density at radius 1 is 1.23 bits per heavy atom. The van der Waals surface area contributed by atoms with Crippen molar-refractivity contribution in [3.63, 3.8) is 0 Å². The average molecular weight is 325 g/mol. The van der Waals surface area contributed by atoms with E-state index in [0.717, 1.165) is 12.5 Å². The number of amides is 1. The van der Waals surface area contributed by atoms with Crippen molar-refractivity contribution in [2.75, 3.05) is 19.6 Å². The summed E-state index contributed by atoms with van der Waals surface area (Å²) < 4.78 is 0. The summed E-state index contributed by atoms with van der Waals surface area (Å²) in [5, 5.41) is 9.73. The standard InChI is InChI=1S/C16H25ClN4O/c1-5-18-15(21-16(2,3)4)20-11-10-19-14(22)12-8-6-7-9-13(12)17/h6-9H,5,10-11H2,1-4H3,(H,19,22)(H2,18,20,21). The molecule has 0 spiro atoms. The zero-order chi connectivity index (χ0) is 16.6. The molecule has 122 valence electrons. The lowest BCUT2D eigenvalue weighted by Gasteiger charge is -2.23. The van der Waals surface area contributed by atoms with E-state index in [9.17, 15) is 4.79 Å². The normalized spacial score (nSPS) is 12.0. The molecule has 0 aliphatic carbocycles. The highest BCUT2D eigenvalue weighted by atomic mass is 35.5. The predicted molar refractivity (Wildman–Crippen MR) is 92.7 cm³/mol. The fraction of sp³-hybridized carbons (Fsp3) is 0.500. The van der Waals surface area contributed by atoms with E-state index in [4.69, 9.17) is 11.6 Å². The summed E-state index contributed by atoms with van der Waals surface area (Å²) in [6.07, 6.45) is 0. The van der Waals surface area contributed by atoms with E-state index in [-0.39, 0.29) is 11.4 Å². The number of rotatable bonds is 5. The highest BCUT2D eigenvalue weighted by molar-refractivity contribution is 6.33. The topological polar surface area (TPSA) is 65.5 Å². The molecule has 0 aliphatic rings. The smallest absolute Gasteiger partial charge is 0.252 e. The minimum absolute atomic E-state index is 0.0676. The van der Waals surface area contributed by atoms with Crippen molar-refractivity contribution >= 4 is 23.5 Å². The molecule has 0 fully saturated rings. The molecule has 22 heavy (non-hydrogen) atoms. The first kappa shape index (κ1) is 18.3. The molecule has 1 amide bonds. The molecule has 0 radical (unpaired) electrons. The molecule has 0 aliphatic heterocycles. The number of halogens is 1. The Hall–Kier alpha value is -1.75. The molecule has 0 saturated heterocycles. The van der Waals surface area contributed by atoms with Crippen LogP contribution in [0.1, 0.15) is 38.1 Å². The van der Waals surface area contributed by atoms with Gasteiger partial charge >= 0.3 is 0 Å². The molecule has 1 aromatic carbocycles. The molecule has 0 heterocycles. The lowest BCUT2D eigenvalue weighted by atomic mass is 10.1. The van der Waals surface area contributed by atoms with Crippen LogP contribution in [0.3, 0.4) is 0 Å². The van der Waals surface area contributed by atoms with Crippen molar-refractivity contribution < 1.29 is 4.79 Å². The van der Waals surface area contributed by atoms with Gasteiger partial charge in [-0.05, 0) is 39.8 Å². The van der Waals surface area contributed by atoms with Gasteiger partial charge in [0.15, 0.2) is 5.96 Å². The van der Waals surface area contributed by atoms with Gasteiger partial charge < -0.3 is 16.0 Å². The highest BCUT2D eigenvalue weighted by Gasteiger charge is 2.11. The number of carbonyl (C=O) groups excluding carboxylic acids is 1. The predicted octanol–water partition coefficient (Wildman–Crippen LogP) is 2.42. The third-order valence-corrected chi connectivity index (χ3v) is 2.95. The Morgan fingerprint density at radius 2 is 1.91 bits per heavy atom. The summed E-state index contributed by atoms with van der Waals surface area (Å²) in [6, 6.07) is 6.98. The van der Waals surface area contributed by atoms with Gasteiger partial charge in [0, 0.05) is 18.6 Å². The molecule has 0 aromatic heterocycles. The molecule has 1 rings (SSSR count). The van der Waals surface area contributed by atoms with Crippen LogP contribution in [-0.4, -0.2) is 37.0 Å². The number of aliphatic imine (C=N–C) groups is 1. The fourth-order valence-corrected chi connectivity index (χ4v) is 1.96. The van der Waals surface area contributed by atoms with Crippen LogP contribution in [0.25, 0.3) is 0 Å². The maximum absolute atomic E-state index is 12.0. The lowest BCUT2D eigenvalue weighted by Crippen LogP contribution is -2.47. The number of hydrogen-bond donors (Lipinski definition) is 3. The third-order valence-electron chi connectivity index (χ3n) is 2.62. The van der Waals surface area contributed by atoms with Crippen molar-refractivity contribution in [2.24, 2.45) is 4.99 Å². The number of hydrogen-bond acceptors (Lipinski definition) is 2. The molecule has 1 aromatic rings. The van der Waals surface area contributed by atoms with Crippen LogP contribution in [-0.2, 0) is 0 Å². The van der Waals surface area contributed by atoms with Gasteiger partial charge in [-0.3, -0.25) is 9.79 Å². The highest BCUT2D eigenvalue weighted by Crippen LogP contribution is 2.14. The number of nitrogens with one attached hydrogen (secondary N) is 3. The molecular formula is C16H25ClN4O. The number of benzene rings is 1. The maximum atomic E-state index is 12.0. The zero-order valence-corrected chi connectivity index (χ0v) is 14.4. The van der Waals surface area contributed by atoms with E-state index >= 15 is 0 Å². The van der Waals surface area contributed by atoms with E-state index in [0.29, 0.717) is 23.7 Å². The van der Waals surface area contributed by atoms with Crippen LogP contribution in [0, 0.1) is 0 Å². The summed E-state index contributed by atoms with van der Waals surface area (Å²) in [4.78, 5) is 16.4. The van der Waals surface area contributed by atoms with Crippen molar-refractivity contribution in [2.45, 2.75) is 33.2 Å². The van der Waals surface area contributed by atoms with Gasteiger partial charge in [-0.15, -0.1) is 0 Å². The van der Waals surface area contributed by atoms with E-state index in [1.807, 2.05) is 6.92 Å². The molecule has 6 heteroatoms. The molecule has 0 saturated carbocycles. The average Bonchev–Trinajstić information content (AvgIpc) is 2.42. The first-order valence-electron chi connectivity index (χ1n) is 7.42. The number of carbonyl (C=O) groups is 1. The van der Waals surface area contributed by atoms with Gasteiger partial charge in [-0.1, -0.05) is 23.7 Å². The summed E-state index contributed by atoms with van der Waals surface area (Å²) in [5.41, 5.74) is 0.412. The Kier molecular flexibility index (Phi) is 7.18. The Morgan fingerprint density at radius 3 is 2.50 bits per heavy atom. The van der Waals surface area contributed by atoms with E-state index in [1.165, 1.54) is 0 Å². The van der Waals surface area contributed by atoms with Gasteiger partial charge in [0.25, 0.3) is 5.91 Å². The van der Waals surface area contributed by atoms with Gasteiger partial charge in [-0.2, -0.15) is 0 Å². The maximum Gasteiger partial charge on any atom is 0.252 e.